The number of rotatable bonds is 5. The predicted molar refractivity (Wildman–Crippen MR) is 80.3 cm³/mol. The molecule has 3 unspecified atom stereocenters. The van der Waals surface area contributed by atoms with Crippen molar-refractivity contribution < 1.29 is 4.74 Å². The van der Waals surface area contributed by atoms with Gasteiger partial charge in [-0.05, 0) is 44.6 Å². The fraction of sp³-hybridized carbons (Fsp3) is 1.00. The van der Waals surface area contributed by atoms with Crippen LogP contribution in [-0.4, -0.2) is 42.8 Å². The number of hydrogen-bond donors (Lipinski definition) is 1. The van der Waals surface area contributed by atoms with Crippen molar-refractivity contribution >= 4 is 0 Å². The first-order valence-electron chi connectivity index (χ1n) is 8.29. The highest BCUT2D eigenvalue weighted by molar-refractivity contribution is 5.00. The molecule has 0 aromatic carbocycles. The largest absolute Gasteiger partial charge is 0.377 e. The molecular formula is C16H32N2O. The van der Waals surface area contributed by atoms with Crippen molar-refractivity contribution in [2.24, 2.45) is 11.7 Å². The second-order valence-corrected chi connectivity index (χ2v) is 6.54. The number of nitrogens with two attached hydrogens (primary N) is 1. The Morgan fingerprint density at radius 3 is 2.79 bits per heavy atom. The molecule has 2 fully saturated rings. The summed E-state index contributed by atoms with van der Waals surface area (Å²) in [5, 5.41) is 0. The van der Waals surface area contributed by atoms with Gasteiger partial charge in [-0.2, -0.15) is 0 Å². The average molecular weight is 268 g/mol. The van der Waals surface area contributed by atoms with Crippen molar-refractivity contribution in [2.45, 2.75) is 70.4 Å². The molecule has 0 aromatic heterocycles. The van der Waals surface area contributed by atoms with Crippen LogP contribution in [0.15, 0.2) is 0 Å². The zero-order valence-corrected chi connectivity index (χ0v) is 12.9. The van der Waals surface area contributed by atoms with E-state index in [0.29, 0.717) is 6.10 Å². The number of hydrogen-bond acceptors (Lipinski definition) is 3. The van der Waals surface area contributed by atoms with Gasteiger partial charge in [0.25, 0.3) is 0 Å². The third-order valence-corrected chi connectivity index (χ3v) is 5.33. The van der Waals surface area contributed by atoms with Crippen LogP contribution in [0.4, 0.5) is 0 Å². The Morgan fingerprint density at radius 1 is 1.26 bits per heavy atom. The lowest BCUT2D eigenvalue weighted by Gasteiger charge is -2.52. The molecule has 112 valence electrons. The van der Waals surface area contributed by atoms with Gasteiger partial charge in [0.05, 0.1) is 6.10 Å². The number of ether oxygens (including phenoxy) is 1. The maximum absolute atomic E-state index is 6.22. The summed E-state index contributed by atoms with van der Waals surface area (Å²) in [5.74, 6) is 0.733. The van der Waals surface area contributed by atoms with E-state index in [4.69, 9.17) is 10.5 Å². The minimum Gasteiger partial charge on any atom is -0.377 e. The lowest BCUT2D eigenvalue weighted by Crippen LogP contribution is -2.62. The van der Waals surface area contributed by atoms with Crippen molar-refractivity contribution in [3.05, 3.63) is 0 Å². The van der Waals surface area contributed by atoms with E-state index in [-0.39, 0.29) is 5.54 Å². The zero-order valence-electron chi connectivity index (χ0n) is 12.9. The van der Waals surface area contributed by atoms with Gasteiger partial charge in [0.1, 0.15) is 0 Å². The van der Waals surface area contributed by atoms with Crippen molar-refractivity contribution in [2.75, 3.05) is 26.2 Å². The van der Waals surface area contributed by atoms with E-state index in [1.54, 1.807) is 0 Å². The standard InChI is InChI=1S/C16H32N2O/c1-3-11-19-15-8-6-10-18(12-15)16(13-17)9-5-4-7-14(16)2/h14-15H,3-13,17H2,1-2H3. The van der Waals surface area contributed by atoms with Crippen molar-refractivity contribution in [1.29, 1.82) is 0 Å². The second-order valence-electron chi connectivity index (χ2n) is 6.54. The van der Waals surface area contributed by atoms with Crippen LogP contribution in [0.25, 0.3) is 0 Å². The Hall–Kier alpha value is -0.120. The fourth-order valence-corrected chi connectivity index (χ4v) is 4.06. The quantitative estimate of drug-likeness (QED) is 0.833. The molecule has 0 amide bonds. The Balaban J connectivity index is 2.01. The third kappa shape index (κ3) is 3.32. The van der Waals surface area contributed by atoms with Gasteiger partial charge in [0, 0.05) is 25.2 Å². The first kappa shape index (κ1) is 15.3. The molecule has 1 saturated heterocycles. The van der Waals surface area contributed by atoms with E-state index in [1.165, 1.54) is 45.1 Å². The number of piperidine rings is 1. The summed E-state index contributed by atoms with van der Waals surface area (Å²) in [6, 6.07) is 0. The van der Waals surface area contributed by atoms with Crippen LogP contribution in [0.5, 0.6) is 0 Å². The number of nitrogens with zero attached hydrogens (tertiary/aromatic N) is 1. The van der Waals surface area contributed by atoms with E-state index in [9.17, 15) is 0 Å². The van der Waals surface area contributed by atoms with Crippen LogP contribution in [0, 0.1) is 5.92 Å². The summed E-state index contributed by atoms with van der Waals surface area (Å²) >= 11 is 0. The summed E-state index contributed by atoms with van der Waals surface area (Å²) < 4.78 is 6.00. The van der Waals surface area contributed by atoms with E-state index >= 15 is 0 Å². The maximum atomic E-state index is 6.22. The molecule has 3 heteroatoms. The smallest absolute Gasteiger partial charge is 0.0702 e. The molecule has 19 heavy (non-hydrogen) atoms. The molecule has 2 rings (SSSR count). The van der Waals surface area contributed by atoms with Gasteiger partial charge in [-0.15, -0.1) is 0 Å². The maximum Gasteiger partial charge on any atom is 0.0702 e. The van der Waals surface area contributed by atoms with Gasteiger partial charge >= 0.3 is 0 Å². The van der Waals surface area contributed by atoms with Gasteiger partial charge in [-0.1, -0.05) is 26.7 Å². The molecule has 1 aliphatic carbocycles. The molecule has 3 nitrogen and oxygen atoms in total. The lowest BCUT2D eigenvalue weighted by atomic mass is 9.71. The Morgan fingerprint density at radius 2 is 2.11 bits per heavy atom. The highest BCUT2D eigenvalue weighted by atomic mass is 16.5. The lowest BCUT2D eigenvalue weighted by molar-refractivity contribution is -0.0632. The molecule has 0 bridgehead atoms. The Kier molecular flexibility index (Phi) is 5.67. The van der Waals surface area contributed by atoms with Gasteiger partial charge < -0.3 is 10.5 Å². The SMILES string of the molecule is CCCOC1CCCN(C2(CN)CCCCC2C)C1. The fourth-order valence-electron chi connectivity index (χ4n) is 4.06. The van der Waals surface area contributed by atoms with Crippen LogP contribution >= 0.6 is 0 Å². The predicted octanol–water partition coefficient (Wildman–Crippen LogP) is 2.79. The number of likely N-dealkylation sites (tertiary alicyclic amines) is 1. The van der Waals surface area contributed by atoms with E-state index in [0.717, 1.165) is 32.0 Å². The molecule has 0 radical (unpaired) electrons. The Labute approximate surface area is 118 Å². The highest BCUT2D eigenvalue weighted by Gasteiger charge is 2.43. The summed E-state index contributed by atoms with van der Waals surface area (Å²) in [5.41, 5.74) is 6.48. The molecule has 3 atom stereocenters. The molecule has 2 N–H and O–H groups in total. The minimum absolute atomic E-state index is 0.256. The Bertz CT molecular complexity index is 271. The second kappa shape index (κ2) is 7.05. The molecule has 1 saturated carbocycles. The third-order valence-electron chi connectivity index (χ3n) is 5.33. The van der Waals surface area contributed by atoms with Crippen molar-refractivity contribution in [3.8, 4) is 0 Å². The van der Waals surface area contributed by atoms with Gasteiger partial charge in [-0.25, -0.2) is 0 Å². The molecule has 2 aliphatic rings. The van der Waals surface area contributed by atoms with Crippen molar-refractivity contribution in [1.82, 2.24) is 4.90 Å². The van der Waals surface area contributed by atoms with Gasteiger partial charge in [-0.3, -0.25) is 4.90 Å². The van der Waals surface area contributed by atoms with Gasteiger partial charge in [0.15, 0.2) is 0 Å². The van der Waals surface area contributed by atoms with E-state index in [2.05, 4.69) is 18.7 Å². The monoisotopic (exact) mass is 268 g/mol. The molecule has 1 aliphatic heterocycles. The molecule has 1 heterocycles. The van der Waals surface area contributed by atoms with Crippen molar-refractivity contribution in [3.63, 3.8) is 0 Å². The highest BCUT2D eigenvalue weighted by Crippen LogP contribution is 2.39. The summed E-state index contributed by atoms with van der Waals surface area (Å²) in [7, 11) is 0. The van der Waals surface area contributed by atoms with Crippen LogP contribution in [0.1, 0.15) is 58.8 Å². The average Bonchev–Trinajstić information content (AvgIpc) is 2.46. The van der Waals surface area contributed by atoms with Gasteiger partial charge in [0.2, 0.25) is 0 Å². The summed E-state index contributed by atoms with van der Waals surface area (Å²) in [4.78, 5) is 2.68. The molecular weight excluding hydrogens is 236 g/mol. The first-order valence-corrected chi connectivity index (χ1v) is 8.29. The van der Waals surface area contributed by atoms with Crippen LogP contribution in [-0.2, 0) is 4.74 Å². The molecule has 0 spiro atoms. The van der Waals surface area contributed by atoms with E-state index in [1.807, 2.05) is 0 Å². The normalized spacial score (nSPS) is 37.4. The summed E-state index contributed by atoms with van der Waals surface area (Å²) in [6.45, 7) is 8.63. The van der Waals surface area contributed by atoms with E-state index < -0.39 is 0 Å². The molecule has 0 aromatic rings. The van der Waals surface area contributed by atoms with Crippen LogP contribution in [0.2, 0.25) is 0 Å². The van der Waals surface area contributed by atoms with Crippen LogP contribution < -0.4 is 5.73 Å². The first-order chi connectivity index (χ1) is 9.23. The summed E-state index contributed by atoms with van der Waals surface area (Å²) in [6.07, 6.45) is 9.40. The zero-order chi connectivity index (χ0) is 13.7. The minimum atomic E-state index is 0.256. The van der Waals surface area contributed by atoms with Crippen LogP contribution in [0.3, 0.4) is 0 Å². The topological polar surface area (TPSA) is 38.5 Å².